The maximum atomic E-state index is 13.0. The van der Waals surface area contributed by atoms with Crippen molar-refractivity contribution in [3.05, 3.63) is 70.3 Å². The smallest absolute Gasteiger partial charge is 0.308 e. The Morgan fingerprint density at radius 2 is 1.81 bits per heavy atom. The number of ether oxygens (including phenoxy) is 1. The summed E-state index contributed by atoms with van der Waals surface area (Å²) in [7, 11) is 0. The van der Waals surface area contributed by atoms with Crippen molar-refractivity contribution in [2.75, 3.05) is 5.32 Å². The molecule has 0 spiro atoms. The van der Waals surface area contributed by atoms with Crippen LogP contribution in [0.2, 0.25) is 0 Å². The Labute approximate surface area is 184 Å². The molecule has 6 heteroatoms. The predicted octanol–water partition coefficient (Wildman–Crippen LogP) is 6.14. The van der Waals surface area contributed by atoms with E-state index in [9.17, 15) is 14.9 Å². The molecule has 0 heterocycles. The number of nitrogens with one attached hydrogen (secondary N) is 1. The number of hydrogen-bond donors (Lipinski definition) is 1. The fourth-order valence-corrected chi connectivity index (χ4v) is 4.45. The maximum Gasteiger partial charge on any atom is 0.308 e. The third-order valence-corrected chi connectivity index (χ3v) is 6.24. The fourth-order valence-electron chi connectivity index (χ4n) is 4.45. The zero-order valence-corrected chi connectivity index (χ0v) is 18.5. The Kier molecular flexibility index (Phi) is 7.66. The van der Waals surface area contributed by atoms with Crippen LogP contribution in [0.25, 0.3) is 0 Å². The second-order valence-electron chi connectivity index (χ2n) is 8.97. The third kappa shape index (κ3) is 6.29. The number of anilines is 1. The molecule has 2 aromatic carbocycles. The van der Waals surface area contributed by atoms with Crippen molar-refractivity contribution < 1.29 is 14.5 Å². The molecule has 6 nitrogen and oxygen atoms in total. The highest BCUT2D eigenvalue weighted by atomic mass is 16.6. The molecule has 1 aliphatic carbocycles. The molecule has 1 fully saturated rings. The molecule has 0 bridgehead atoms. The van der Waals surface area contributed by atoms with E-state index >= 15 is 0 Å². The van der Waals surface area contributed by atoms with Crippen LogP contribution in [0.3, 0.4) is 0 Å². The number of nitro benzene ring substituents is 1. The van der Waals surface area contributed by atoms with Crippen LogP contribution in [0, 0.1) is 27.9 Å². The summed E-state index contributed by atoms with van der Waals surface area (Å²) in [4.78, 5) is 23.4. The van der Waals surface area contributed by atoms with Crippen LogP contribution < -0.4 is 5.32 Å². The van der Waals surface area contributed by atoms with Gasteiger partial charge in [0.15, 0.2) is 0 Å². The van der Waals surface area contributed by atoms with Gasteiger partial charge in [-0.05, 0) is 48.3 Å². The van der Waals surface area contributed by atoms with Gasteiger partial charge in [-0.1, -0.05) is 57.5 Å². The summed E-state index contributed by atoms with van der Waals surface area (Å²) in [6.45, 7) is 6.62. The minimum Gasteiger partial charge on any atom is -0.462 e. The number of non-ortho nitro benzene ring substituents is 1. The van der Waals surface area contributed by atoms with Gasteiger partial charge in [0.05, 0.1) is 17.4 Å². The normalized spacial score (nSPS) is 22.0. The van der Waals surface area contributed by atoms with E-state index in [4.69, 9.17) is 4.74 Å². The van der Waals surface area contributed by atoms with E-state index in [-0.39, 0.29) is 30.2 Å². The molecule has 3 rings (SSSR count). The van der Waals surface area contributed by atoms with E-state index in [1.165, 1.54) is 18.6 Å². The molecule has 0 saturated heterocycles. The molecule has 1 saturated carbocycles. The number of carbonyl (C=O) groups is 1. The minimum atomic E-state index is -0.424. The van der Waals surface area contributed by atoms with Gasteiger partial charge >= 0.3 is 5.97 Å². The van der Waals surface area contributed by atoms with Crippen LogP contribution in [0.15, 0.2) is 54.6 Å². The standard InChI is InChI=1S/C25H32N2O4/c1-17(2)22-14-9-18(3)15-24(22)31-25(28)16-23(19-7-5-4-6-8-19)26-20-10-12-21(13-11-20)27(29)30/h4-8,10-13,17-18,22-24,26H,9,14-16H2,1-3H3/t18-,22+,23-,24-/m1/s1. The maximum absolute atomic E-state index is 13.0. The van der Waals surface area contributed by atoms with Crippen LogP contribution >= 0.6 is 0 Å². The molecular weight excluding hydrogens is 392 g/mol. The van der Waals surface area contributed by atoms with Crippen molar-refractivity contribution >= 4 is 17.3 Å². The van der Waals surface area contributed by atoms with Crippen molar-refractivity contribution in [3.8, 4) is 0 Å². The van der Waals surface area contributed by atoms with E-state index in [0.717, 1.165) is 24.1 Å². The van der Waals surface area contributed by atoms with Gasteiger partial charge in [-0.15, -0.1) is 0 Å². The molecule has 4 atom stereocenters. The number of esters is 1. The average Bonchev–Trinajstić information content (AvgIpc) is 2.74. The molecule has 166 valence electrons. The van der Waals surface area contributed by atoms with Crippen molar-refractivity contribution in [2.45, 2.75) is 58.6 Å². The number of nitro groups is 1. The first-order valence-corrected chi connectivity index (χ1v) is 11.1. The van der Waals surface area contributed by atoms with Crippen molar-refractivity contribution in [2.24, 2.45) is 17.8 Å². The van der Waals surface area contributed by atoms with Gasteiger partial charge in [0.1, 0.15) is 6.10 Å². The number of hydrogen-bond acceptors (Lipinski definition) is 5. The molecule has 1 N–H and O–H groups in total. The molecular formula is C25H32N2O4. The quantitative estimate of drug-likeness (QED) is 0.313. The topological polar surface area (TPSA) is 81.5 Å². The van der Waals surface area contributed by atoms with Crippen LogP contribution in [0.5, 0.6) is 0 Å². The van der Waals surface area contributed by atoms with Gasteiger partial charge in [0.25, 0.3) is 5.69 Å². The lowest BCUT2D eigenvalue weighted by Gasteiger charge is -2.37. The number of benzene rings is 2. The number of rotatable bonds is 8. The highest BCUT2D eigenvalue weighted by Gasteiger charge is 2.33. The second-order valence-corrected chi connectivity index (χ2v) is 8.97. The largest absolute Gasteiger partial charge is 0.462 e. The lowest BCUT2D eigenvalue weighted by molar-refractivity contribution is -0.384. The Morgan fingerprint density at radius 3 is 2.42 bits per heavy atom. The van der Waals surface area contributed by atoms with Crippen molar-refractivity contribution in [1.82, 2.24) is 0 Å². The van der Waals surface area contributed by atoms with Gasteiger partial charge < -0.3 is 10.1 Å². The summed E-state index contributed by atoms with van der Waals surface area (Å²) in [6, 6.07) is 15.7. The van der Waals surface area contributed by atoms with Crippen LogP contribution in [-0.4, -0.2) is 17.0 Å². The first kappa shape index (κ1) is 22.8. The van der Waals surface area contributed by atoms with Gasteiger partial charge in [-0.2, -0.15) is 0 Å². The Bertz CT molecular complexity index is 867. The van der Waals surface area contributed by atoms with E-state index in [2.05, 4.69) is 26.1 Å². The zero-order chi connectivity index (χ0) is 22.4. The van der Waals surface area contributed by atoms with Gasteiger partial charge in [0, 0.05) is 17.8 Å². The Hall–Kier alpha value is -2.89. The minimum absolute atomic E-state index is 0.0346. The average molecular weight is 425 g/mol. The fraction of sp³-hybridized carbons (Fsp3) is 0.480. The van der Waals surface area contributed by atoms with Crippen molar-refractivity contribution in [3.63, 3.8) is 0 Å². The Morgan fingerprint density at radius 1 is 1.13 bits per heavy atom. The van der Waals surface area contributed by atoms with E-state index in [1.807, 2.05) is 30.3 Å². The van der Waals surface area contributed by atoms with E-state index in [0.29, 0.717) is 17.8 Å². The van der Waals surface area contributed by atoms with Gasteiger partial charge in [-0.25, -0.2) is 0 Å². The van der Waals surface area contributed by atoms with Crippen LogP contribution in [-0.2, 0) is 9.53 Å². The number of nitrogens with zero attached hydrogens (tertiary/aromatic N) is 1. The second kappa shape index (κ2) is 10.4. The molecule has 2 aromatic rings. The lowest BCUT2D eigenvalue weighted by Crippen LogP contribution is -2.36. The van der Waals surface area contributed by atoms with E-state index < -0.39 is 4.92 Å². The zero-order valence-electron chi connectivity index (χ0n) is 18.5. The predicted molar refractivity (Wildman–Crippen MR) is 122 cm³/mol. The highest BCUT2D eigenvalue weighted by Crippen LogP contribution is 2.36. The van der Waals surface area contributed by atoms with Gasteiger partial charge in [0.2, 0.25) is 0 Å². The first-order valence-electron chi connectivity index (χ1n) is 11.1. The molecule has 0 amide bonds. The first-order chi connectivity index (χ1) is 14.8. The number of carbonyl (C=O) groups excluding carboxylic acids is 1. The van der Waals surface area contributed by atoms with Crippen molar-refractivity contribution in [1.29, 1.82) is 0 Å². The summed E-state index contributed by atoms with van der Waals surface area (Å²) in [5.41, 5.74) is 1.72. The third-order valence-electron chi connectivity index (χ3n) is 6.24. The molecule has 0 aromatic heterocycles. The molecule has 1 aliphatic rings. The highest BCUT2D eigenvalue weighted by molar-refractivity contribution is 5.71. The summed E-state index contributed by atoms with van der Waals surface area (Å²) in [6.07, 6.45) is 3.36. The SMILES string of the molecule is CC(C)[C@@H]1CC[C@@H](C)C[C@H]1OC(=O)C[C@@H](Nc1ccc([N+](=O)[O-])cc1)c1ccccc1. The molecule has 0 unspecified atom stereocenters. The molecule has 0 aliphatic heterocycles. The molecule has 31 heavy (non-hydrogen) atoms. The Balaban J connectivity index is 1.72. The monoisotopic (exact) mass is 424 g/mol. The summed E-state index contributed by atoms with van der Waals surface area (Å²) < 4.78 is 6.01. The van der Waals surface area contributed by atoms with Crippen LogP contribution in [0.4, 0.5) is 11.4 Å². The van der Waals surface area contributed by atoms with Crippen LogP contribution in [0.1, 0.15) is 58.1 Å². The van der Waals surface area contributed by atoms with E-state index in [1.54, 1.807) is 12.1 Å². The summed E-state index contributed by atoms with van der Waals surface area (Å²) >= 11 is 0. The van der Waals surface area contributed by atoms with Gasteiger partial charge in [-0.3, -0.25) is 14.9 Å². The summed E-state index contributed by atoms with van der Waals surface area (Å²) in [5, 5.41) is 14.3. The lowest BCUT2D eigenvalue weighted by atomic mass is 9.75. The summed E-state index contributed by atoms with van der Waals surface area (Å²) in [5.74, 6) is 1.23. The molecule has 0 radical (unpaired) electrons.